The molecule has 0 atom stereocenters. The van der Waals surface area contributed by atoms with Gasteiger partial charge in [0.05, 0.1) is 16.2 Å². The normalized spacial score (nSPS) is 11.4. The Morgan fingerprint density at radius 3 is 2.04 bits per heavy atom. The summed E-state index contributed by atoms with van der Waals surface area (Å²) in [6, 6.07) is 12.6. The predicted molar refractivity (Wildman–Crippen MR) is 99.5 cm³/mol. The standard InChI is InChI=1S/C16H12ClN3O3S2/c17-11-5-1-10(2-6-11)14-13(15(21)20-16(24)19-14)9-3-7-12(8-4-9)25(18,22)23/h1-8H,(H2,18,22,23)(H2,19,20,21,24). The van der Waals surface area contributed by atoms with Crippen LogP contribution in [0.15, 0.2) is 58.2 Å². The van der Waals surface area contributed by atoms with Crippen LogP contribution in [0, 0.1) is 4.77 Å². The molecule has 0 saturated carbocycles. The molecule has 0 aliphatic rings. The molecule has 2 aromatic carbocycles. The molecular weight excluding hydrogens is 382 g/mol. The molecule has 6 nitrogen and oxygen atoms in total. The van der Waals surface area contributed by atoms with Gasteiger partial charge in [-0.1, -0.05) is 35.9 Å². The van der Waals surface area contributed by atoms with Crippen molar-refractivity contribution in [2.45, 2.75) is 4.90 Å². The summed E-state index contributed by atoms with van der Waals surface area (Å²) < 4.78 is 23.0. The largest absolute Gasteiger partial charge is 0.331 e. The summed E-state index contributed by atoms with van der Waals surface area (Å²) in [6.45, 7) is 0. The summed E-state index contributed by atoms with van der Waals surface area (Å²) >= 11 is 11.0. The van der Waals surface area contributed by atoms with Crippen molar-refractivity contribution in [1.82, 2.24) is 9.97 Å². The molecule has 0 aliphatic heterocycles. The van der Waals surface area contributed by atoms with Crippen molar-refractivity contribution in [3.8, 4) is 22.4 Å². The van der Waals surface area contributed by atoms with Gasteiger partial charge in [-0.15, -0.1) is 0 Å². The fourth-order valence-electron chi connectivity index (χ4n) is 2.41. The zero-order valence-corrected chi connectivity index (χ0v) is 15.0. The van der Waals surface area contributed by atoms with Gasteiger partial charge in [-0.05, 0) is 47.6 Å². The summed E-state index contributed by atoms with van der Waals surface area (Å²) in [5.41, 5.74) is 1.68. The Labute approximate surface area is 153 Å². The summed E-state index contributed by atoms with van der Waals surface area (Å²) in [5.74, 6) is 0. The summed E-state index contributed by atoms with van der Waals surface area (Å²) in [4.78, 5) is 17.9. The molecule has 0 amide bonds. The Morgan fingerprint density at radius 1 is 0.920 bits per heavy atom. The van der Waals surface area contributed by atoms with Crippen molar-refractivity contribution < 1.29 is 8.42 Å². The first-order valence-corrected chi connectivity index (χ1v) is 9.35. The van der Waals surface area contributed by atoms with E-state index in [1.54, 1.807) is 24.3 Å². The Balaban J connectivity index is 2.24. The smallest absolute Gasteiger partial charge is 0.260 e. The minimum Gasteiger partial charge on any atom is -0.331 e. The molecule has 128 valence electrons. The molecule has 0 bridgehead atoms. The van der Waals surface area contributed by atoms with Crippen LogP contribution in [0.5, 0.6) is 0 Å². The van der Waals surface area contributed by atoms with Crippen molar-refractivity contribution in [2.75, 3.05) is 0 Å². The van der Waals surface area contributed by atoms with Crippen molar-refractivity contribution >= 4 is 33.8 Å². The molecule has 0 unspecified atom stereocenters. The highest BCUT2D eigenvalue weighted by molar-refractivity contribution is 7.89. The topological polar surface area (TPSA) is 109 Å². The maximum atomic E-state index is 12.5. The summed E-state index contributed by atoms with van der Waals surface area (Å²) in [6.07, 6.45) is 0. The van der Waals surface area contributed by atoms with Gasteiger partial charge in [-0.2, -0.15) is 0 Å². The molecule has 3 rings (SSSR count). The van der Waals surface area contributed by atoms with Crippen LogP contribution >= 0.6 is 23.8 Å². The lowest BCUT2D eigenvalue weighted by atomic mass is 10.0. The van der Waals surface area contributed by atoms with Gasteiger partial charge in [0.2, 0.25) is 10.0 Å². The Kier molecular flexibility index (Phi) is 4.61. The van der Waals surface area contributed by atoms with Crippen LogP contribution in [0.25, 0.3) is 22.4 Å². The van der Waals surface area contributed by atoms with Gasteiger partial charge >= 0.3 is 0 Å². The van der Waals surface area contributed by atoms with Gasteiger partial charge in [0, 0.05) is 5.02 Å². The lowest BCUT2D eigenvalue weighted by Gasteiger charge is -2.10. The quantitative estimate of drug-likeness (QED) is 0.594. The van der Waals surface area contributed by atoms with Gasteiger partial charge in [0.1, 0.15) is 0 Å². The maximum absolute atomic E-state index is 12.5. The van der Waals surface area contributed by atoms with Gasteiger partial charge in [-0.3, -0.25) is 9.78 Å². The Hall–Kier alpha value is -2.26. The maximum Gasteiger partial charge on any atom is 0.260 e. The fraction of sp³-hybridized carbons (Fsp3) is 0. The van der Waals surface area contributed by atoms with Gasteiger partial charge in [0.15, 0.2) is 4.77 Å². The average molecular weight is 394 g/mol. The number of nitrogens with one attached hydrogen (secondary N) is 2. The first kappa shape index (κ1) is 17.6. The van der Waals surface area contributed by atoms with Crippen molar-refractivity contribution in [1.29, 1.82) is 0 Å². The van der Waals surface area contributed by atoms with Crippen LogP contribution in [-0.4, -0.2) is 18.4 Å². The lowest BCUT2D eigenvalue weighted by molar-refractivity contribution is 0.598. The Bertz CT molecular complexity index is 1150. The van der Waals surface area contributed by atoms with Gasteiger partial charge in [0.25, 0.3) is 5.56 Å². The molecule has 3 aromatic rings. The molecule has 0 aliphatic carbocycles. The number of H-pyrrole nitrogens is 2. The zero-order chi connectivity index (χ0) is 18.2. The van der Waals surface area contributed by atoms with Crippen LogP contribution in [0.1, 0.15) is 0 Å². The highest BCUT2D eigenvalue weighted by atomic mass is 35.5. The Morgan fingerprint density at radius 2 is 1.48 bits per heavy atom. The van der Waals surface area contributed by atoms with Crippen LogP contribution in [0.3, 0.4) is 0 Å². The molecule has 25 heavy (non-hydrogen) atoms. The monoisotopic (exact) mass is 393 g/mol. The van der Waals surface area contributed by atoms with Crippen LogP contribution in [-0.2, 0) is 10.0 Å². The number of nitrogens with two attached hydrogens (primary N) is 1. The first-order chi connectivity index (χ1) is 11.8. The number of aromatic nitrogens is 2. The van der Waals surface area contributed by atoms with E-state index in [4.69, 9.17) is 29.0 Å². The average Bonchev–Trinajstić information content (AvgIpc) is 2.54. The second-order valence-electron chi connectivity index (χ2n) is 5.23. The molecule has 0 saturated heterocycles. The number of aromatic amines is 2. The third-order valence-electron chi connectivity index (χ3n) is 3.55. The number of rotatable bonds is 3. The number of hydrogen-bond donors (Lipinski definition) is 3. The van der Waals surface area contributed by atoms with E-state index in [1.807, 2.05) is 0 Å². The number of benzene rings is 2. The molecule has 1 aromatic heterocycles. The van der Waals surface area contributed by atoms with Crippen molar-refractivity contribution in [2.24, 2.45) is 5.14 Å². The van der Waals surface area contributed by atoms with E-state index in [-0.39, 0.29) is 9.67 Å². The van der Waals surface area contributed by atoms with E-state index in [2.05, 4.69) is 9.97 Å². The van der Waals surface area contributed by atoms with E-state index in [0.29, 0.717) is 27.4 Å². The zero-order valence-electron chi connectivity index (χ0n) is 12.6. The summed E-state index contributed by atoms with van der Waals surface area (Å²) in [5, 5.41) is 5.66. The first-order valence-electron chi connectivity index (χ1n) is 7.01. The second kappa shape index (κ2) is 6.57. The third-order valence-corrected chi connectivity index (χ3v) is 4.93. The highest BCUT2D eigenvalue weighted by Gasteiger charge is 2.14. The molecule has 4 N–H and O–H groups in total. The van der Waals surface area contributed by atoms with E-state index >= 15 is 0 Å². The number of sulfonamides is 1. The van der Waals surface area contributed by atoms with Gasteiger partial charge in [-0.25, -0.2) is 13.6 Å². The van der Waals surface area contributed by atoms with E-state index in [1.165, 1.54) is 24.3 Å². The molecule has 0 fully saturated rings. The molecular formula is C16H12ClN3O3S2. The SMILES string of the molecule is NS(=O)(=O)c1ccc(-c2c(-c3ccc(Cl)cc3)[nH]c(=S)[nH]c2=O)cc1. The van der Waals surface area contributed by atoms with Crippen LogP contribution < -0.4 is 10.7 Å². The van der Waals surface area contributed by atoms with E-state index in [0.717, 1.165) is 0 Å². The lowest BCUT2D eigenvalue weighted by Crippen LogP contribution is -2.14. The minimum absolute atomic E-state index is 0.0374. The van der Waals surface area contributed by atoms with Crippen LogP contribution in [0.2, 0.25) is 5.02 Å². The second-order valence-corrected chi connectivity index (χ2v) is 7.64. The predicted octanol–water partition coefficient (Wildman–Crippen LogP) is 3.07. The number of primary sulfonamides is 1. The van der Waals surface area contributed by atoms with Crippen LogP contribution in [0.4, 0.5) is 0 Å². The highest BCUT2D eigenvalue weighted by Crippen LogP contribution is 2.28. The van der Waals surface area contributed by atoms with E-state index in [9.17, 15) is 13.2 Å². The van der Waals surface area contributed by atoms with Crippen molar-refractivity contribution in [3.05, 3.63) is 68.7 Å². The molecule has 1 heterocycles. The molecule has 0 radical (unpaired) electrons. The van der Waals surface area contributed by atoms with E-state index < -0.39 is 15.6 Å². The molecule has 0 spiro atoms. The number of hydrogen-bond acceptors (Lipinski definition) is 4. The molecule has 9 heteroatoms. The fourth-order valence-corrected chi connectivity index (χ4v) is 3.24. The van der Waals surface area contributed by atoms with Crippen molar-refractivity contribution in [3.63, 3.8) is 0 Å². The third kappa shape index (κ3) is 3.72. The van der Waals surface area contributed by atoms with Gasteiger partial charge < -0.3 is 4.98 Å². The number of halogens is 1. The summed E-state index contributed by atoms with van der Waals surface area (Å²) in [7, 11) is -3.81. The minimum atomic E-state index is -3.81.